The maximum absolute atomic E-state index is 11.2. The molecule has 70 valence electrons. The first-order valence-corrected chi connectivity index (χ1v) is 3.87. The Balaban J connectivity index is 4.69. The van der Waals surface area contributed by atoms with Gasteiger partial charge in [0.05, 0.1) is 0 Å². The lowest BCUT2D eigenvalue weighted by Gasteiger charge is -2.12. The standard InChI is InChI=1S/C10H13NO2/c1-4-6-9(3)11(8-12)10(13)7-5-2/h4-8H,1H2,2-3H3/b7-5-,9-6+. The minimum absolute atomic E-state index is 0.354. The zero-order valence-electron chi connectivity index (χ0n) is 7.86. The fourth-order valence-corrected chi connectivity index (χ4v) is 0.783. The van der Waals surface area contributed by atoms with Crippen LogP contribution in [0.3, 0.4) is 0 Å². The van der Waals surface area contributed by atoms with E-state index in [9.17, 15) is 9.59 Å². The fraction of sp³-hybridized carbons (Fsp3) is 0.200. The Morgan fingerprint density at radius 2 is 2.08 bits per heavy atom. The van der Waals surface area contributed by atoms with Crippen molar-refractivity contribution < 1.29 is 9.59 Å². The van der Waals surface area contributed by atoms with Gasteiger partial charge in [-0.25, -0.2) is 0 Å². The van der Waals surface area contributed by atoms with Gasteiger partial charge in [0, 0.05) is 5.70 Å². The number of carbonyl (C=O) groups excluding carboxylic acids is 2. The number of carbonyl (C=O) groups is 2. The molecule has 0 bridgehead atoms. The highest BCUT2D eigenvalue weighted by atomic mass is 16.2. The van der Waals surface area contributed by atoms with Crippen LogP contribution in [0.4, 0.5) is 0 Å². The van der Waals surface area contributed by atoms with Gasteiger partial charge in [-0.05, 0) is 26.0 Å². The molecule has 0 aromatic heterocycles. The van der Waals surface area contributed by atoms with Crippen LogP contribution in [-0.4, -0.2) is 17.2 Å². The van der Waals surface area contributed by atoms with Crippen LogP contribution in [0.5, 0.6) is 0 Å². The summed E-state index contributed by atoms with van der Waals surface area (Å²) in [5.41, 5.74) is 0.549. The number of rotatable bonds is 4. The Morgan fingerprint density at radius 1 is 1.46 bits per heavy atom. The van der Waals surface area contributed by atoms with Crippen LogP contribution in [0.15, 0.2) is 36.6 Å². The van der Waals surface area contributed by atoms with Gasteiger partial charge >= 0.3 is 0 Å². The number of hydrogen-bond donors (Lipinski definition) is 0. The van der Waals surface area contributed by atoms with Crippen LogP contribution in [0, 0.1) is 0 Å². The second kappa shape index (κ2) is 5.94. The predicted octanol–water partition coefficient (Wildman–Crippen LogP) is 1.64. The SMILES string of the molecule is C=C/C=C(\C)N(C=O)C(=O)/C=C\C. The average Bonchev–Trinajstić information content (AvgIpc) is 2.06. The molecule has 3 heteroatoms. The van der Waals surface area contributed by atoms with Crippen LogP contribution in [0.1, 0.15) is 13.8 Å². The Labute approximate surface area is 78.0 Å². The van der Waals surface area contributed by atoms with E-state index in [-0.39, 0.29) is 5.91 Å². The summed E-state index contributed by atoms with van der Waals surface area (Å²) in [6.07, 6.45) is 6.51. The molecule has 0 rings (SSSR count). The zero-order valence-corrected chi connectivity index (χ0v) is 7.86. The van der Waals surface area contributed by atoms with Crippen molar-refractivity contribution in [3.63, 3.8) is 0 Å². The molecule has 2 amide bonds. The number of imide groups is 1. The van der Waals surface area contributed by atoms with Crippen LogP contribution in [-0.2, 0) is 9.59 Å². The van der Waals surface area contributed by atoms with Gasteiger partial charge < -0.3 is 0 Å². The molecule has 0 fully saturated rings. The van der Waals surface area contributed by atoms with Crippen LogP contribution < -0.4 is 0 Å². The molecule has 0 aliphatic heterocycles. The van der Waals surface area contributed by atoms with Crippen molar-refractivity contribution in [1.29, 1.82) is 0 Å². The number of nitrogens with zero attached hydrogens (tertiary/aromatic N) is 1. The largest absolute Gasteiger partial charge is 0.278 e. The van der Waals surface area contributed by atoms with Crippen molar-refractivity contribution in [2.24, 2.45) is 0 Å². The van der Waals surface area contributed by atoms with E-state index in [4.69, 9.17) is 0 Å². The maximum atomic E-state index is 11.2. The van der Waals surface area contributed by atoms with E-state index in [0.29, 0.717) is 12.1 Å². The summed E-state index contributed by atoms with van der Waals surface area (Å²) in [6.45, 7) is 6.85. The first-order chi connectivity index (χ1) is 6.17. The van der Waals surface area contributed by atoms with Gasteiger partial charge in [0.15, 0.2) is 0 Å². The molecule has 3 nitrogen and oxygen atoms in total. The molecule has 0 aliphatic rings. The van der Waals surface area contributed by atoms with Crippen LogP contribution in [0.2, 0.25) is 0 Å². The number of allylic oxidation sites excluding steroid dienone is 4. The smallest absolute Gasteiger partial charge is 0.256 e. The molecule has 0 unspecified atom stereocenters. The summed E-state index contributed by atoms with van der Waals surface area (Å²) in [4.78, 5) is 22.8. The first kappa shape index (κ1) is 11.4. The third-order valence-corrected chi connectivity index (χ3v) is 1.39. The van der Waals surface area contributed by atoms with E-state index in [1.807, 2.05) is 0 Å². The molecule has 0 atom stereocenters. The van der Waals surface area contributed by atoms with Gasteiger partial charge in [-0.3, -0.25) is 14.5 Å². The summed E-state index contributed by atoms with van der Waals surface area (Å²) in [6, 6.07) is 0. The summed E-state index contributed by atoms with van der Waals surface area (Å²) < 4.78 is 0. The molecule has 0 saturated heterocycles. The quantitative estimate of drug-likeness (QED) is 0.374. The molecule has 0 aliphatic carbocycles. The predicted molar refractivity (Wildman–Crippen MR) is 51.7 cm³/mol. The highest BCUT2D eigenvalue weighted by Gasteiger charge is 2.09. The highest BCUT2D eigenvalue weighted by molar-refractivity contribution is 5.96. The zero-order chi connectivity index (χ0) is 10.3. The van der Waals surface area contributed by atoms with Crippen molar-refractivity contribution in [3.8, 4) is 0 Å². The van der Waals surface area contributed by atoms with Gasteiger partial charge in [-0.15, -0.1) is 0 Å². The Hall–Kier alpha value is -1.64. The second-order valence-electron chi connectivity index (χ2n) is 2.36. The molecule has 0 radical (unpaired) electrons. The third-order valence-electron chi connectivity index (χ3n) is 1.39. The fourth-order valence-electron chi connectivity index (χ4n) is 0.783. The van der Waals surface area contributed by atoms with Gasteiger partial charge in [-0.1, -0.05) is 18.7 Å². The normalized spacial score (nSPS) is 11.4. The van der Waals surface area contributed by atoms with Gasteiger partial charge in [0.25, 0.3) is 5.91 Å². The van der Waals surface area contributed by atoms with Gasteiger partial charge in [0.2, 0.25) is 6.41 Å². The van der Waals surface area contributed by atoms with E-state index >= 15 is 0 Å². The van der Waals surface area contributed by atoms with E-state index in [0.717, 1.165) is 4.90 Å². The van der Waals surface area contributed by atoms with Crippen molar-refractivity contribution in [1.82, 2.24) is 4.90 Å². The molecule has 13 heavy (non-hydrogen) atoms. The lowest BCUT2D eigenvalue weighted by atomic mass is 10.3. The number of hydrogen-bond acceptors (Lipinski definition) is 2. The molecule has 0 aromatic carbocycles. The summed E-state index contributed by atoms with van der Waals surface area (Å²) in [7, 11) is 0. The van der Waals surface area contributed by atoms with E-state index in [1.54, 1.807) is 26.0 Å². The summed E-state index contributed by atoms with van der Waals surface area (Å²) in [5, 5.41) is 0. The maximum Gasteiger partial charge on any atom is 0.256 e. The van der Waals surface area contributed by atoms with Crippen LogP contribution in [0.25, 0.3) is 0 Å². The Kier molecular flexibility index (Phi) is 5.19. The van der Waals surface area contributed by atoms with Crippen LogP contribution >= 0.6 is 0 Å². The Bertz CT molecular complexity index is 264. The van der Waals surface area contributed by atoms with Crippen molar-refractivity contribution >= 4 is 12.3 Å². The Morgan fingerprint density at radius 3 is 2.46 bits per heavy atom. The summed E-state index contributed by atoms with van der Waals surface area (Å²) >= 11 is 0. The lowest BCUT2D eigenvalue weighted by Crippen LogP contribution is -2.25. The molecule has 0 aromatic rings. The van der Waals surface area contributed by atoms with Crippen molar-refractivity contribution in [2.75, 3.05) is 0 Å². The topological polar surface area (TPSA) is 37.4 Å². The lowest BCUT2D eigenvalue weighted by molar-refractivity contribution is -0.132. The van der Waals surface area contributed by atoms with Crippen molar-refractivity contribution in [2.45, 2.75) is 13.8 Å². The highest BCUT2D eigenvalue weighted by Crippen LogP contribution is 2.01. The van der Waals surface area contributed by atoms with Gasteiger partial charge in [-0.2, -0.15) is 0 Å². The first-order valence-electron chi connectivity index (χ1n) is 3.87. The van der Waals surface area contributed by atoms with Gasteiger partial charge in [0.1, 0.15) is 0 Å². The molecule has 0 heterocycles. The minimum Gasteiger partial charge on any atom is -0.278 e. The third kappa shape index (κ3) is 3.51. The molecule has 0 saturated carbocycles. The second-order valence-corrected chi connectivity index (χ2v) is 2.36. The van der Waals surface area contributed by atoms with E-state index < -0.39 is 0 Å². The van der Waals surface area contributed by atoms with E-state index in [1.165, 1.54) is 12.2 Å². The molecule has 0 spiro atoms. The molecular weight excluding hydrogens is 166 g/mol. The average molecular weight is 179 g/mol. The monoisotopic (exact) mass is 179 g/mol. The minimum atomic E-state index is -0.354. The molecular formula is C10H13NO2. The van der Waals surface area contributed by atoms with Crippen molar-refractivity contribution in [3.05, 3.63) is 36.6 Å². The van der Waals surface area contributed by atoms with E-state index in [2.05, 4.69) is 6.58 Å². The number of amides is 2. The molecule has 0 N–H and O–H groups in total. The summed E-state index contributed by atoms with van der Waals surface area (Å²) in [5.74, 6) is -0.354.